The van der Waals surface area contributed by atoms with Crippen molar-refractivity contribution in [2.75, 3.05) is 6.61 Å². The first-order valence-corrected chi connectivity index (χ1v) is 6.39. The van der Waals surface area contributed by atoms with Crippen molar-refractivity contribution in [3.8, 4) is 5.75 Å². The average molecular weight is 262 g/mol. The molecule has 1 rings (SSSR count). The molecule has 0 fully saturated rings. The molecule has 0 bridgehead atoms. The second-order valence-corrected chi connectivity index (χ2v) is 4.03. The minimum absolute atomic E-state index is 0.208. The van der Waals surface area contributed by atoms with Crippen LogP contribution in [0.4, 0.5) is 0 Å². The van der Waals surface area contributed by atoms with Crippen LogP contribution in [0.25, 0.3) is 0 Å². The first kappa shape index (κ1) is 15.5. The van der Waals surface area contributed by atoms with Crippen LogP contribution in [-0.4, -0.2) is 45.9 Å². The summed E-state index contributed by atoms with van der Waals surface area (Å²) < 4.78 is 5.12. The maximum Gasteiger partial charge on any atom is 0.668 e. The van der Waals surface area contributed by atoms with Gasteiger partial charge in [-0.25, -0.2) is 4.79 Å². The lowest BCUT2D eigenvalue weighted by molar-refractivity contribution is 0.0692. The zero-order valence-corrected chi connectivity index (χ0v) is 10.1. The van der Waals surface area contributed by atoms with E-state index >= 15 is 0 Å². The lowest BCUT2D eigenvalue weighted by Crippen LogP contribution is -2.33. The van der Waals surface area contributed by atoms with Crippen LogP contribution in [0, 0.1) is 0 Å². The summed E-state index contributed by atoms with van der Waals surface area (Å²) in [5.41, 5.74) is 0.208. The molecule has 1 aromatic rings. The van der Waals surface area contributed by atoms with Crippen LogP contribution in [0.2, 0.25) is 0 Å². The molecule has 0 aliphatic heterocycles. The summed E-state index contributed by atoms with van der Waals surface area (Å²) in [4.78, 5) is 39.9. The average Bonchev–Trinajstić information content (AvgIpc) is 2.16. The maximum absolute atomic E-state index is 10.6. The Kier molecular flexibility index (Phi) is 6.39. The van der Waals surface area contributed by atoms with Gasteiger partial charge < -0.3 is 29.0 Å². The van der Waals surface area contributed by atoms with Crippen LogP contribution in [0.15, 0.2) is 24.3 Å². The van der Waals surface area contributed by atoms with Crippen molar-refractivity contribution in [3.05, 3.63) is 29.8 Å². The van der Waals surface area contributed by atoms with E-state index in [0.29, 0.717) is 12.4 Å². The van der Waals surface area contributed by atoms with Crippen molar-refractivity contribution < 1.29 is 33.8 Å². The van der Waals surface area contributed by atoms with Gasteiger partial charge in [-0.3, -0.25) is 0 Å². The molecular formula is C9H14O7Si. The van der Waals surface area contributed by atoms with Crippen molar-refractivity contribution in [3.63, 3.8) is 0 Å². The molecule has 0 aromatic heterocycles. The standard InChI is InChI=1S/C9H10O3.H4O4Si/c1-2-12-8-6-4-3-5-7(8)9(10)11;1-5(2,3)4/h3-6H,2H2,1H3,(H,10,11);1-4H. The van der Waals surface area contributed by atoms with E-state index in [1.54, 1.807) is 18.2 Å². The van der Waals surface area contributed by atoms with Crippen LogP contribution >= 0.6 is 0 Å². The third kappa shape index (κ3) is 8.36. The van der Waals surface area contributed by atoms with E-state index < -0.39 is 15.0 Å². The van der Waals surface area contributed by atoms with Crippen molar-refractivity contribution in [2.45, 2.75) is 6.92 Å². The van der Waals surface area contributed by atoms with Crippen LogP contribution in [-0.2, 0) is 0 Å². The van der Waals surface area contributed by atoms with Gasteiger partial charge in [0.2, 0.25) is 0 Å². The van der Waals surface area contributed by atoms with E-state index in [1.807, 2.05) is 6.92 Å². The fourth-order valence-corrected chi connectivity index (χ4v) is 0.925. The Balaban J connectivity index is 0.000000437. The van der Waals surface area contributed by atoms with E-state index in [9.17, 15) is 4.79 Å². The molecule has 0 heterocycles. The lowest BCUT2D eigenvalue weighted by atomic mass is 10.2. The highest BCUT2D eigenvalue weighted by Gasteiger charge is 2.22. The minimum atomic E-state index is -4.61. The fourth-order valence-electron chi connectivity index (χ4n) is 0.925. The molecule has 8 heteroatoms. The van der Waals surface area contributed by atoms with Gasteiger partial charge in [0.15, 0.2) is 0 Å². The highest BCUT2D eigenvalue weighted by Crippen LogP contribution is 2.17. The summed E-state index contributed by atoms with van der Waals surface area (Å²) in [6, 6.07) is 6.59. The monoisotopic (exact) mass is 262 g/mol. The molecule has 0 unspecified atom stereocenters. The number of ether oxygens (including phenoxy) is 1. The quantitative estimate of drug-likeness (QED) is 0.450. The number of hydrogen-bond acceptors (Lipinski definition) is 6. The van der Waals surface area contributed by atoms with Gasteiger partial charge in [-0.05, 0) is 19.1 Å². The summed E-state index contributed by atoms with van der Waals surface area (Å²) >= 11 is 0. The number of benzene rings is 1. The smallest absolute Gasteiger partial charge is 0.493 e. The summed E-state index contributed by atoms with van der Waals surface area (Å²) in [5, 5.41) is 8.71. The molecule has 0 aliphatic carbocycles. The van der Waals surface area contributed by atoms with E-state index in [4.69, 9.17) is 29.0 Å². The Labute approximate surface area is 98.7 Å². The highest BCUT2D eigenvalue weighted by molar-refractivity contribution is 6.46. The Morgan fingerprint density at radius 3 is 2.12 bits per heavy atom. The van der Waals surface area contributed by atoms with Crippen LogP contribution < -0.4 is 4.74 Å². The highest BCUT2D eigenvalue weighted by atomic mass is 28.4. The van der Waals surface area contributed by atoms with Gasteiger partial charge >= 0.3 is 15.0 Å². The summed E-state index contributed by atoms with van der Waals surface area (Å²) in [6.45, 7) is 2.29. The molecule has 0 atom stereocenters. The van der Waals surface area contributed by atoms with Crippen LogP contribution in [0.3, 0.4) is 0 Å². The van der Waals surface area contributed by atoms with Crippen molar-refractivity contribution >= 4 is 15.0 Å². The Morgan fingerprint density at radius 1 is 1.24 bits per heavy atom. The number of rotatable bonds is 3. The number of para-hydroxylation sites is 1. The largest absolute Gasteiger partial charge is 0.668 e. The molecular weight excluding hydrogens is 248 g/mol. The minimum Gasteiger partial charge on any atom is -0.493 e. The number of aromatic carboxylic acids is 1. The third-order valence-electron chi connectivity index (χ3n) is 1.42. The molecule has 0 amide bonds. The van der Waals surface area contributed by atoms with Crippen molar-refractivity contribution in [1.82, 2.24) is 0 Å². The van der Waals surface area contributed by atoms with Gasteiger partial charge in [-0.1, -0.05) is 12.1 Å². The molecule has 17 heavy (non-hydrogen) atoms. The van der Waals surface area contributed by atoms with Gasteiger partial charge in [0.05, 0.1) is 6.61 Å². The van der Waals surface area contributed by atoms with Crippen molar-refractivity contribution in [1.29, 1.82) is 0 Å². The molecule has 0 saturated carbocycles. The second kappa shape index (κ2) is 6.99. The van der Waals surface area contributed by atoms with E-state index in [1.165, 1.54) is 6.07 Å². The first-order chi connectivity index (χ1) is 7.75. The number of carboxylic acids is 1. The zero-order chi connectivity index (χ0) is 13.5. The van der Waals surface area contributed by atoms with E-state index in [0.717, 1.165) is 0 Å². The topological polar surface area (TPSA) is 127 Å². The van der Waals surface area contributed by atoms with Gasteiger partial charge in [0.1, 0.15) is 11.3 Å². The maximum atomic E-state index is 10.6. The van der Waals surface area contributed by atoms with Gasteiger partial charge in [0.25, 0.3) is 0 Å². The molecule has 7 nitrogen and oxygen atoms in total. The molecule has 0 spiro atoms. The summed E-state index contributed by atoms with van der Waals surface area (Å²) in [7, 11) is -4.61. The first-order valence-electron chi connectivity index (χ1n) is 4.60. The predicted octanol–water partition coefficient (Wildman–Crippen LogP) is -0.825. The van der Waals surface area contributed by atoms with E-state index in [2.05, 4.69) is 0 Å². The molecule has 0 saturated heterocycles. The van der Waals surface area contributed by atoms with Gasteiger partial charge in [0, 0.05) is 0 Å². The Hall–Kier alpha value is -1.45. The zero-order valence-electron chi connectivity index (χ0n) is 9.07. The van der Waals surface area contributed by atoms with Crippen LogP contribution in [0.1, 0.15) is 17.3 Å². The number of carboxylic acid groups (broad SMARTS) is 1. The molecule has 0 aliphatic rings. The summed E-state index contributed by atoms with van der Waals surface area (Å²) in [5.74, 6) is -0.536. The van der Waals surface area contributed by atoms with Gasteiger partial charge in [-0.2, -0.15) is 0 Å². The molecule has 0 radical (unpaired) electrons. The third-order valence-corrected chi connectivity index (χ3v) is 1.42. The number of carbonyl (C=O) groups is 1. The summed E-state index contributed by atoms with van der Waals surface area (Å²) in [6.07, 6.45) is 0. The second-order valence-electron chi connectivity index (χ2n) is 2.83. The van der Waals surface area contributed by atoms with Gasteiger partial charge in [-0.15, -0.1) is 0 Å². The van der Waals surface area contributed by atoms with Crippen LogP contribution in [0.5, 0.6) is 5.75 Å². The Morgan fingerprint density at radius 2 is 1.71 bits per heavy atom. The SMILES string of the molecule is CCOc1ccccc1C(=O)O.O[Si](O)(O)O. The predicted molar refractivity (Wildman–Crippen MR) is 59.2 cm³/mol. The molecule has 1 aromatic carbocycles. The van der Waals surface area contributed by atoms with E-state index in [-0.39, 0.29) is 5.56 Å². The fraction of sp³-hybridized carbons (Fsp3) is 0.222. The molecule has 96 valence electrons. The number of hydrogen-bond donors (Lipinski definition) is 5. The molecule has 5 N–H and O–H groups in total. The Bertz CT molecular complexity index is 355. The normalized spacial score (nSPS) is 10.2. The van der Waals surface area contributed by atoms with Crippen molar-refractivity contribution in [2.24, 2.45) is 0 Å². The lowest BCUT2D eigenvalue weighted by Gasteiger charge is -2.05.